The maximum Gasteiger partial charge on any atom is 0.573 e. The number of rotatable bonds is 6. The Morgan fingerprint density at radius 3 is 2.57 bits per heavy atom. The zero-order valence-corrected chi connectivity index (χ0v) is 16.0. The number of benzene rings is 1. The number of ether oxygens (including phenoxy) is 1. The van der Waals surface area contributed by atoms with E-state index in [0.29, 0.717) is 10.8 Å². The monoisotopic (exact) mass is 415 g/mol. The van der Waals surface area contributed by atoms with Gasteiger partial charge in [0.25, 0.3) is 0 Å². The van der Waals surface area contributed by atoms with Gasteiger partial charge in [0, 0.05) is 6.04 Å². The summed E-state index contributed by atoms with van der Waals surface area (Å²) in [4.78, 5) is 12.4. The number of nitrogens with zero attached hydrogens (tertiary/aromatic N) is 4. The highest BCUT2D eigenvalue weighted by Gasteiger charge is 2.31. The summed E-state index contributed by atoms with van der Waals surface area (Å²) < 4.78 is 42.0. The Morgan fingerprint density at radius 2 is 1.93 bits per heavy atom. The number of carbonyl (C=O) groups excluding carboxylic acids is 1. The minimum absolute atomic E-state index is 0.0830. The van der Waals surface area contributed by atoms with Crippen LogP contribution in [0.1, 0.15) is 39.0 Å². The van der Waals surface area contributed by atoms with Crippen molar-refractivity contribution in [2.45, 2.75) is 61.8 Å². The van der Waals surface area contributed by atoms with E-state index in [-0.39, 0.29) is 17.7 Å². The van der Waals surface area contributed by atoms with E-state index in [1.165, 1.54) is 47.1 Å². The minimum atomic E-state index is -4.75. The van der Waals surface area contributed by atoms with Crippen LogP contribution in [0.25, 0.3) is 5.69 Å². The molecule has 1 N–H and O–H groups in total. The highest BCUT2D eigenvalue weighted by Crippen LogP contribution is 2.27. The van der Waals surface area contributed by atoms with Crippen molar-refractivity contribution in [3.8, 4) is 11.4 Å². The van der Waals surface area contributed by atoms with E-state index in [0.717, 1.165) is 25.7 Å². The smallest absolute Gasteiger partial charge is 0.406 e. The lowest BCUT2D eigenvalue weighted by atomic mass is 9.95. The molecule has 1 fully saturated rings. The van der Waals surface area contributed by atoms with Crippen LogP contribution < -0.4 is 10.1 Å². The van der Waals surface area contributed by atoms with E-state index in [4.69, 9.17) is 0 Å². The number of thioether (sulfide) groups is 1. The van der Waals surface area contributed by atoms with Crippen LogP contribution in [0.2, 0.25) is 0 Å². The van der Waals surface area contributed by atoms with Crippen LogP contribution in [0.5, 0.6) is 5.75 Å². The highest BCUT2D eigenvalue weighted by molar-refractivity contribution is 8.00. The Labute approximate surface area is 164 Å². The molecule has 1 aromatic carbocycles. The average Bonchev–Trinajstić information content (AvgIpc) is 3.10. The van der Waals surface area contributed by atoms with E-state index in [1.807, 2.05) is 0 Å². The number of hydrogen-bond donors (Lipinski definition) is 1. The van der Waals surface area contributed by atoms with E-state index in [9.17, 15) is 18.0 Å². The fraction of sp³-hybridized carbons (Fsp3) is 0.529. The number of nitrogens with one attached hydrogen (secondary N) is 1. The molecule has 0 bridgehead atoms. The van der Waals surface area contributed by atoms with Gasteiger partial charge >= 0.3 is 6.36 Å². The molecule has 1 unspecified atom stereocenters. The predicted molar refractivity (Wildman–Crippen MR) is 96.2 cm³/mol. The first-order valence-electron chi connectivity index (χ1n) is 8.93. The zero-order valence-electron chi connectivity index (χ0n) is 15.1. The Kier molecular flexibility index (Phi) is 6.42. The largest absolute Gasteiger partial charge is 0.573 e. The molecular formula is C17H20F3N5O2S. The van der Waals surface area contributed by atoms with Crippen molar-refractivity contribution in [1.29, 1.82) is 0 Å². The summed E-state index contributed by atoms with van der Waals surface area (Å²) in [6.07, 6.45) is 0.689. The number of carbonyl (C=O) groups is 1. The van der Waals surface area contributed by atoms with Gasteiger partial charge in [-0.1, -0.05) is 31.0 Å². The van der Waals surface area contributed by atoms with Crippen LogP contribution >= 0.6 is 11.8 Å². The van der Waals surface area contributed by atoms with Crippen molar-refractivity contribution in [2.24, 2.45) is 0 Å². The summed E-state index contributed by atoms with van der Waals surface area (Å²) in [6, 6.07) is 5.39. The molecule has 0 spiro atoms. The maximum atomic E-state index is 12.4. The van der Waals surface area contributed by atoms with Gasteiger partial charge in [-0.3, -0.25) is 4.79 Å². The zero-order chi connectivity index (χ0) is 20.1. The number of tetrazole rings is 1. The van der Waals surface area contributed by atoms with Gasteiger partial charge in [0.1, 0.15) is 5.75 Å². The molecule has 0 aliphatic heterocycles. The van der Waals surface area contributed by atoms with Crippen LogP contribution in [0.15, 0.2) is 29.4 Å². The molecule has 0 saturated heterocycles. The van der Waals surface area contributed by atoms with Crippen molar-refractivity contribution in [2.75, 3.05) is 0 Å². The second-order valence-electron chi connectivity index (χ2n) is 6.52. The Balaban J connectivity index is 1.63. The molecule has 1 saturated carbocycles. The van der Waals surface area contributed by atoms with Gasteiger partial charge in [0.05, 0.1) is 10.9 Å². The summed E-state index contributed by atoms with van der Waals surface area (Å²) in [6.45, 7) is 1.77. The number of halogens is 3. The first kappa shape index (κ1) is 20.4. The Hall–Kier alpha value is -2.30. The van der Waals surface area contributed by atoms with E-state index < -0.39 is 11.6 Å². The van der Waals surface area contributed by atoms with Gasteiger partial charge in [-0.25, -0.2) is 0 Å². The molecule has 1 heterocycles. The van der Waals surface area contributed by atoms with Crippen molar-refractivity contribution in [1.82, 2.24) is 25.5 Å². The SMILES string of the molecule is CC(Sc1nnnn1-c1ccc(OC(F)(F)F)cc1)C(=O)NC1CCCCC1. The predicted octanol–water partition coefficient (Wildman–Crippen LogP) is 3.49. The molecule has 0 radical (unpaired) electrons. The Bertz CT molecular complexity index is 791. The fourth-order valence-electron chi connectivity index (χ4n) is 2.98. The molecule has 28 heavy (non-hydrogen) atoms. The van der Waals surface area contributed by atoms with Crippen molar-refractivity contribution in [3.63, 3.8) is 0 Å². The number of hydrogen-bond acceptors (Lipinski definition) is 6. The standard InChI is InChI=1S/C17H20F3N5O2S/c1-11(15(26)21-12-5-3-2-4-6-12)28-16-22-23-24-25(16)13-7-9-14(10-8-13)27-17(18,19)20/h7-12H,2-6H2,1H3,(H,21,26). The molecule has 7 nitrogen and oxygen atoms in total. The lowest BCUT2D eigenvalue weighted by molar-refractivity contribution is -0.274. The third kappa shape index (κ3) is 5.60. The third-order valence-electron chi connectivity index (χ3n) is 4.36. The summed E-state index contributed by atoms with van der Waals surface area (Å²) >= 11 is 1.19. The Morgan fingerprint density at radius 1 is 1.25 bits per heavy atom. The molecule has 1 aromatic heterocycles. The quantitative estimate of drug-likeness (QED) is 0.728. The summed E-state index contributed by atoms with van der Waals surface area (Å²) in [5.74, 6) is -0.417. The summed E-state index contributed by atoms with van der Waals surface area (Å²) in [5.41, 5.74) is 0.460. The van der Waals surface area contributed by atoms with Crippen molar-refractivity contribution >= 4 is 17.7 Å². The van der Waals surface area contributed by atoms with E-state index in [1.54, 1.807) is 6.92 Å². The number of amides is 1. The van der Waals surface area contributed by atoms with Crippen LogP contribution in [0.4, 0.5) is 13.2 Å². The van der Waals surface area contributed by atoms with Crippen LogP contribution in [0.3, 0.4) is 0 Å². The molecule has 1 aliphatic carbocycles. The molecule has 152 valence electrons. The van der Waals surface area contributed by atoms with Gasteiger partial charge in [0.15, 0.2) is 0 Å². The molecule has 1 amide bonds. The van der Waals surface area contributed by atoms with Crippen LogP contribution in [0, 0.1) is 0 Å². The second-order valence-corrected chi connectivity index (χ2v) is 7.83. The fourth-order valence-corrected chi connectivity index (χ4v) is 3.80. The number of aromatic nitrogens is 4. The van der Waals surface area contributed by atoms with Crippen LogP contribution in [-0.4, -0.2) is 43.8 Å². The third-order valence-corrected chi connectivity index (χ3v) is 5.39. The first-order chi connectivity index (χ1) is 13.3. The van der Waals surface area contributed by atoms with Crippen LogP contribution in [-0.2, 0) is 4.79 Å². The molecule has 2 aromatic rings. The van der Waals surface area contributed by atoms with Gasteiger partial charge in [0.2, 0.25) is 11.1 Å². The maximum absolute atomic E-state index is 12.4. The lowest BCUT2D eigenvalue weighted by Crippen LogP contribution is -2.40. The second kappa shape index (κ2) is 8.80. The molecule has 1 aliphatic rings. The van der Waals surface area contributed by atoms with Gasteiger partial charge in [-0.2, -0.15) is 4.68 Å². The van der Waals surface area contributed by atoms with Crippen molar-refractivity contribution < 1.29 is 22.7 Å². The molecule has 3 rings (SSSR count). The average molecular weight is 415 g/mol. The van der Waals surface area contributed by atoms with Crippen molar-refractivity contribution in [3.05, 3.63) is 24.3 Å². The number of alkyl halides is 3. The van der Waals surface area contributed by atoms with E-state index in [2.05, 4.69) is 25.6 Å². The topological polar surface area (TPSA) is 81.9 Å². The van der Waals surface area contributed by atoms with E-state index >= 15 is 0 Å². The first-order valence-corrected chi connectivity index (χ1v) is 9.81. The van der Waals surface area contributed by atoms with Gasteiger partial charge < -0.3 is 10.1 Å². The molecule has 11 heteroatoms. The lowest BCUT2D eigenvalue weighted by Gasteiger charge is -2.24. The van der Waals surface area contributed by atoms with Gasteiger partial charge in [-0.15, -0.1) is 18.3 Å². The minimum Gasteiger partial charge on any atom is -0.406 e. The molecular weight excluding hydrogens is 395 g/mol. The highest BCUT2D eigenvalue weighted by atomic mass is 32.2. The summed E-state index contributed by atoms with van der Waals surface area (Å²) in [5, 5.41) is 14.4. The van der Waals surface area contributed by atoms with Gasteiger partial charge in [-0.05, 0) is 54.5 Å². The summed E-state index contributed by atoms with van der Waals surface area (Å²) in [7, 11) is 0. The molecule has 1 atom stereocenters. The normalized spacial score (nSPS) is 16.6.